The van der Waals surface area contributed by atoms with Crippen molar-refractivity contribution in [1.29, 1.82) is 0 Å². The second kappa shape index (κ2) is 33.0. The quantitative estimate of drug-likeness (QED) is 0.142. The van der Waals surface area contributed by atoms with Crippen LogP contribution in [0.5, 0.6) is 0 Å². The summed E-state index contributed by atoms with van der Waals surface area (Å²) in [6.45, 7) is 10.4. The van der Waals surface area contributed by atoms with Crippen molar-refractivity contribution in [2.75, 3.05) is 0 Å². The van der Waals surface area contributed by atoms with Crippen LogP contribution in [-0.2, 0) is 80.4 Å². The van der Waals surface area contributed by atoms with Crippen molar-refractivity contribution in [3.05, 3.63) is 313 Å². The van der Waals surface area contributed by atoms with Gasteiger partial charge in [-0.1, -0.05) is 168 Å². The van der Waals surface area contributed by atoms with Gasteiger partial charge in [-0.3, -0.25) is 0 Å². The third kappa shape index (κ3) is 18.2. The fourth-order valence-electron chi connectivity index (χ4n) is 8.66. The first kappa shape index (κ1) is 64.8. The molecule has 4 radical (unpaired) electrons. The van der Waals surface area contributed by atoms with Gasteiger partial charge in [0.15, 0.2) is 0 Å². The topological polar surface area (TPSA) is 51.6 Å². The molecule has 0 N–H and O–H groups in total. The smallest absolute Gasteiger partial charge is 0.0190 e. The molecule has 0 aliphatic heterocycles. The molecule has 4 heterocycles. The minimum atomic E-state index is 0. The number of aromatic nitrogens is 4. The van der Waals surface area contributed by atoms with Crippen LogP contribution >= 0.6 is 0 Å². The van der Waals surface area contributed by atoms with Crippen molar-refractivity contribution < 1.29 is 80.4 Å². The third-order valence-corrected chi connectivity index (χ3v) is 13.0. The van der Waals surface area contributed by atoms with Crippen molar-refractivity contribution in [3.63, 3.8) is 0 Å². The van der Waals surface area contributed by atoms with E-state index in [0.29, 0.717) is 0 Å². The third-order valence-electron chi connectivity index (χ3n) is 13.0. The van der Waals surface area contributed by atoms with E-state index in [2.05, 4.69) is 236 Å². The molecule has 12 rings (SSSR count). The van der Waals surface area contributed by atoms with Gasteiger partial charge in [0, 0.05) is 105 Å². The van der Waals surface area contributed by atoms with Gasteiger partial charge in [0.1, 0.15) is 0 Å². The Hall–Kier alpha value is -7.04. The van der Waals surface area contributed by atoms with Gasteiger partial charge < -0.3 is 19.9 Å². The molecule has 0 saturated carbocycles. The van der Waals surface area contributed by atoms with Crippen LogP contribution in [0.1, 0.15) is 27.8 Å². The molecule has 410 valence electrons. The summed E-state index contributed by atoms with van der Waals surface area (Å²) in [6, 6.07) is 93.6. The number of benzene rings is 8. The van der Waals surface area contributed by atoms with E-state index in [1.54, 1.807) is 0 Å². The van der Waals surface area contributed by atoms with Crippen LogP contribution in [0.2, 0.25) is 0 Å². The molecule has 0 bridgehead atoms. The Kier molecular flexibility index (Phi) is 26.4. The zero-order valence-electron chi connectivity index (χ0n) is 45.4. The molecule has 0 saturated heterocycles. The van der Waals surface area contributed by atoms with Gasteiger partial charge in [0.05, 0.1) is 0 Å². The number of aryl methyl sites for hydroxylation is 4. The van der Waals surface area contributed by atoms with Crippen LogP contribution in [-0.4, -0.2) is 19.9 Å². The maximum Gasteiger partial charge on any atom is 0.0190 e. The summed E-state index contributed by atoms with van der Waals surface area (Å²) in [5.41, 5.74) is 23.8. The summed E-state index contributed by atoms with van der Waals surface area (Å²) >= 11 is 0. The Morgan fingerprint density at radius 2 is 0.679 bits per heavy atom. The normalized spacial score (nSPS) is 9.89. The number of pyridine rings is 4. The van der Waals surface area contributed by atoms with Crippen molar-refractivity contribution in [2.24, 2.45) is 0 Å². The number of rotatable bonds is 8. The molecular weight excluding hydrogens is 1700 g/mol. The predicted molar refractivity (Wildman–Crippen MR) is 319 cm³/mol. The van der Waals surface area contributed by atoms with Gasteiger partial charge in [-0.15, -0.1) is 142 Å². The summed E-state index contributed by atoms with van der Waals surface area (Å²) in [5, 5.41) is 0. The minimum absolute atomic E-state index is 0. The summed E-state index contributed by atoms with van der Waals surface area (Å²) in [6.07, 6.45) is 7.41. The molecule has 0 unspecified atom stereocenters. The molecule has 4 aromatic heterocycles. The molecule has 0 spiro atoms. The standard InChI is InChI=1S/C19H16N.3C18H14N.4Ir/c1-14-11-12-20-19(15(14)2)18-10-6-9-17(13-18)16-7-4-3-5-8-16;1-14-7-6-12-19-18(14)17-11-5-10-16(13-17)15-8-3-2-4-9-15;1-14-10-11-18(19-13-14)17-9-5-8-16(12-17)15-6-3-2-4-7-15;1-14-10-11-19-18(12-14)17-9-5-8-16(13-17)15-6-3-2-4-7-15;;;;/h3-9,11-13H,1-2H3;2-10,12-13H,1H3;2*2-8,10-13H,1H3;;;;/q4*-1;;;;. The second-order valence-electron chi connectivity index (χ2n) is 18.6. The number of hydrogen-bond acceptors (Lipinski definition) is 4. The van der Waals surface area contributed by atoms with Gasteiger partial charge in [-0.25, -0.2) is 0 Å². The second-order valence-corrected chi connectivity index (χ2v) is 18.6. The first-order valence-electron chi connectivity index (χ1n) is 25.7. The van der Waals surface area contributed by atoms with Gasteiger partial charge in [0.25, 0.3) is 0 Å². The Morgan fingerprint density at radius 3 is 1.11 bits per heavy atom. The molecule has 0 atom stereocenters. The van der Waals surface area contributed by atoms with E-state index in [9.17, 15) is 0 Å². The number of hydrogen-bond donors (Lipinski definition) is 0. The van der Waals surface area contributed by atoms with Crippen molar-refractivity contribution in [2.45, 2.75) is 34.6 Å². The first-order valence-corrected chi connectivity index (χ1v) is 25.7. The summed E-state index contributed by atoms with van der Waals surface area (Å²) in [7, 11) is 0. The zero-order chi connectivity index (χ0) is 53.2. The van der Waals surface area contributed by atoms with Gasteiger partial charge in [-0.2, -0.15) is 0 Å². The van der Waals surface area contributed by atoms with Crippen LogP contribution in [0, 0.1) is 58.9 Å². The fraction of sp³-hybridized carbons (Fsp3) is 0.0685. The molecule has 0 aliphatic rings. The molecule has 8 heteroatoms. The van der Waals surface area contributed by atoms with Crippen LogP contribution in [0.15, 0.2) is 261 Å². The van der Waals surface area contributed by atoms with E-state index in [4.69, 9.17) is 0 Å². The SMILES string of the molecule is Cc1ccc(-c2[c-]ccc(-c3ccccc3)c2)nc1.Cc1cccnc1-c1[c-]ccc(-c2ccccc2)c1.Cc1ccnc(-c2[c-]ccc(-c3ccccc3)c2)c1.Cc1ccnc(-c2[c-]ccc(-c3ccccc3)c2)c1C.[Ir].[Ir].[Ir].[Ir]. The summed E-state index contributed by atoms with van der Waals surface area (Å²) in [4.78, 5) is 17.8. The van der Waals surface area contributed by atoms with Crippen molar-refractivity contribution in [1.82, 2.24) is 19.9 Å². The van der Waals surface area contributed by atoms with Gasteiger partial charge in [0.2, 0.25) is 0 Å². The van der Waals surface area contributed by atoms with Crippen LogP contribution in [0.4, 0.5) is 0 Å². The minimum Gasteiger partial charge on any atom is -0.305 e. The molecule has 0 fully saturated rings. The number of nitrogens with zero attached hydrogens (tertiary/aromatic N) is 4. The van der Waals surface area contributed by atoms with Crippen LogP contribution < -0.4 is 0 Å². The first-order chi connectivity index (χ1) is 37.8. The Bertz CT molecular complexity index is 3800. The zero-order valence-corrected chi connectivity index (χ0v) is 55.0. The fourth-order valence-corrected chi connectivity index (χ4v) is 8.66. The predicted octanol–water partition coefficient (Wildman–Crippen LogP) is 18.4. The molecule has 8 aromatic carbocycles. The van der Waals surface area contributed by atoms with Gasteiger partial charge in [-0.05, 0) is 103 Å². The van der Waals surface area contributed by atoms with Crippen molar-refractivity contribution in [3.8, 4) is 89.5 Å². The molecule has 81 heavy (non-hydrogen) atoms. The Labute approximate surface area is 533 Å². The average molecular weight is 1760 g/mol. The molecule has 0 amide bonds. The van der Waals surface area contributed by atoms with E-state index in [1.807, 2.05) is 105 Å². The van der Waals surface area contributed by atoms with E-state index in [1.165, 1.54) is 72.3 Å². The monoisotopic (exact) mass is 1760 g/mol. The van der Waals surface area contributed by atoms with E-state index in [0.717, 1.165) is 45.0 Å². The Morgan fingerprint density at radius 1 is 0.272 bits per heavy atom. The van der Waals surface area contributed by atoms with Crippen LogP contribution in [0.3, 0.4) is 0 Å². The van der Waals surface area contributed by atoms with Gasteiger partial charge >= 0.3 is 0 Å². The Balaban J connectivity index is 0.000000195. The average Bonchev–Trinajstić information content (AvgIpc) is 3.50. The maximum atomic E-state index is 4.51. The summed E-state index contributed by atoms with van der Waals surface area (Å²) in [5.74, 6) is 0. The maximum absolute atomic E-state index is 4.51. The molecule has 4 nitrogen and oxygen atoms in total. The van der Waals surface area contributed by atoms with E-state index < -0.39 is 0 Å². The molecular formula is C73H58Ir4N4-4. The molecule has 0 aliphatic carbocycles. The molecule has 12 aromatic rings. The van der Waals surface area contributed by atoms with Crippen molar-refractivity contribution >= 4 is 0 Å². The van der Waals surface area contributed by atoms with E-state index >= 15 is 0 Å². The summed E-state index contributed by atoms with van der Waals surface area (Å²) < 4.78 is 0. The van der Waals surface area contributed by atoms with Crippen LogP contribution in [0.25, 0.3) is 89.5 Å². The van der Waals surface area contributed by atoms with E-state index in [-0.39, 0.29) is 80.4 Å². The largest absolute Gasteiger partial charge is 0.305 e.